The van der Waals surface area contributed by atoms with Crippen LogP contribution in [-0.2, 0) is 6.42 Å². The summed E-state index contributed by atoms with van der Waals surface area (Å²) >= 11 is 5.26. The molecule has 1 unspecified atom stereocenters. The number of benzene rings is 2. The fraction of sp³-hybridized carbons (Fsp3) is 0.176. The zero-order chi connectivity index (χ0) is 14.1. The van der Waals surface area contributed by atoms with Gasteiger partial charge in [-0.25, -0.2) is 0 Å². The first-order chi connectivity index (χ1) is 9.65. The van der Waals surface area contributed by atoms with Gasteiger partial charge in [0.05, 0.1) is 6.10 Å². The molecule has 1 nitrogen and oxygen atoms in total. The molecule has 1 heterocycles. The van der Waals surface area contributed by atoms with E-state index in [9.17, 15) is 5.11 Å². The van der Waals surface area contributed by atoms with Crippen molar-refractivity contribution in [3.8, 4) is 0 Å². The molecular weight excluding hydrogens is 332 g/mol. The SMILES string of the molecule is Cc1ccc(Br)c(C(O)Cc2csc3ccccc23)c1. The number of thiophene rings is 1. The van der Waals surface area contributed by atoms with E-state index in [1.165, 1.54) is 15.6 Å². The van der Waals surface area contributed by atoms with Crippen molar-refractivity contribution >= 4 is 37.4 Å². The summed E-state index contributed by atoms with van der Waals surface area (Å²) in [5.41, 5.74) is 3.34. The maximum atomic E-state index is 10.5. The maximum absolute atomic E-state index is 10.5. The van der Waals surface area contributed by atoms with Crippen molar-refractivity contribution in [2.24, 2.45) is 0 Å². The van der Waals surface area contributed by atoms with Gasteiger partial charge in [-0.05, 0) is 40.9 Å². The summed E-state index contributed by atoms with van der Waals surface area (Å²) in [5, 5.41) is 13.9. The van der Waals surface area contributed by atoms with Crippen LogP contribution in [0.2, 0.25) is 0 Å². The predicted molar refractivity (Wildman–Crippen MR) is 89.4 cm³/mol. The second-order valence-corrected chi connectivity index (χ2v) is 6.77. The standard InChI is InChI=1S/C17H15BrOS/c1-11-6-7-15(18)14(8-11)16(19)9-12-10-20-17-5-3-2-4-13(12)17/h2-8,10,16,19H,9H2,1H3. The smallest absolute Gasteiger partial charge is 0.0841 e. The predicted octanol–water partition coefficient (Wildman–Crippen LogP) is 5.25. The van der Waals surface area contributed by atoms with E-state index in [1.54, 1.807) is 11.3 Å². The zero-order valence-corrected chi connectivity index (χ0v) is 13.5. The number of hydrogen-bond donors (Lipinski definition) is 1. The Balaban J connectivity index is 1.92. The summed E-state index contributed by atoms with van der Waals surface area (Å²) in [6.45, 7) is 2.04. The van der Waals surface area contributed by atoms with E-state index in [-0.39, 0.29) is 0 Å². The van der Waals surface area contributed by atoms with Crippen LogP contribution in [0.3, 0.4) is 0 Å². The highest BCUT2D eigenvalue weighted by Crippen LogP contribution is 2.32. The van der Waals surface area contributed by atoms with Crippen LogP contribution in [0.25, 0.3) is 10.1 Å². The van der Waals surface area contributed by atoms with E-state index in [4.69, 9.17) is 0 Å². The molecule has 1 atom stereocenters. The molecule has 3 heteroatoms. The van der Waals surface area contributed by atoms with E-state index in [0.29, 0.717) is 6.42 Å². The first kappa shape index (κ1) is 13.8. The van der Waals surface area contributed by atoms with Crippen LogP contribution in [0.15, 0.2) is 52.3 Å². The molecule has 0 spiro atoms. The molecule has 1 N–H and O–H groups in total. The first-order valence-electron chi connectivity index (χ1n) is 6.54. The molecule has 0 saturated carbocycles. The Kier molecular flexibility index (Phi) is 3.92. The molecule has 3 aromatic rings. The average molecular weight is 347 g/mol. The summed E-state index contributed by atoms with van der Waals surface area (Å²) in [4.78, 5) is 0. The second-order valence-electron chi connectivity index (χ2n) is 5.00. The van der Waals surface area contributed by atoms with Gasteiger partial charge in [0.1, 0.15) is 0 Å². The van der Waals surface area contributed by atoms with E-state index in [1.807, 2.05) is 31.2 Å². The van der Waals surface area contributed by atoms with Gasteiger partial charge in [-0.2, -0.15) is 0 Å². The molecule has 0 aliphatic carbocycles. The van der Waals surface area contributed by atoms with Gasteiger partial charge in [0.2, 0.25) is 0 Å². The van der Waals surface area contributed by atoms with Crippen molar-refractivity contribution in [1.82, 2.24) is 0 Å². The Bertz CT molecular complexity index is 748. The lowest BCUT2D eigenvalue weighted by Gasteiger charge is -2.13. The van der Waals surface area contributed by atoms with Gasteiger partial charge in [-0.15, -0.1) is 11.3 Å². The van der Waals surface area contributed by atoms with Crippen LogP contribution >= 0.6 is 27.3 Å². The lowest BCUT2D eigenvalue weighted by molar-refractivity contribution is 0.178. The molecule has 0 fully saturated rings. The number of aryl methyl sites for hydroxylation is 1. The fourth-order valence-electron chi connectivity index (χ4n) is 2.43. The monoisotopic (exact) mass is 346 g/mol. The van der Waals surface area contributed by atoms with Crippen LogP contribution < -0.4 is 0 Å². The largest absolute Gasteiger partial charge is 0.388 e. The van der Waals surface area contributed by atoms with E-state index in [0.717, 1.165) is 15.6 Å². The number of rotatable bonds is 3. The van der Waals surface area contributed by atoms with Gasteiger partial charge in [-0.1, -0.05) is 51.8 Å². The van der Waals surface area contributed by atoms with Crippen LogP contribution in [0, 0.1) is 6.92 Å². The maximum Gasteiger partial charge on any atom is 0.0841 e. The van der Waals surface area contributed by atoms with Crippen LogP contribution in [-0.4, -0.2) is 5.11 Å². The molecule has 2 aromatic carbocycles. The zero-order valence-electron chi connectivity index (χ0n) is 11.1. The Morgan fingerprint density at radius 3 is 2.85 bits per heavy atom. The minimum absolute atomic E-state index is 0.484. The third-order valence-corrected chi connectivity index (χ3v) is 5.22. The Morgan fingerprint density at radius 2 is 2.00 bits per heavy atom. The molecule has 102 valence electrons. The van der Waals surface area contributed by atoms with Crippen LogP contribution in [0.4, 0.5) is 0 Å². The third kappa shape index (κ3) is 2.66. The van der Waals surface area contributed by atoms with Crippen molar-refractivity contribution in [1.29, 1.82) is 0 Å². The Labute approximate surface area is 131 Å². The van der Waals surface area contributed by atoms with Gasteiger partial charge < -0.3 is 5.11 Å². The van der Waals surface area contributed by atoms with Crippen molar-refractivity contribution < 1.29 is 5.11 Å². The molecule has 0 bridgehead atoms. The third-order valence-electron chi connectivity index (χ3n) is 3.48. The summed E-state index contributed by atoms with van der Waals surface area (Å²) < 4.78 is 2.24. The van der Waals surface area contributed by atoms with E-state index in [2.05, 4.69) is 39.5 Å². The van der Waals surface area contributed by atoms with Crippen molar-refractivity contribution in [3.63, 3.8) is 0 Å². The number of aliphatic hydroxyl groups excluding tert-OH is 1. The minimum Gasteiger partial charge on any atom is -0.388 e. The van der Waals surface area contributed by atoms with Crippen LogP contribution in [0.1, 0.15) is 22.8 Å². The lowest BCUT2D eigenvalue weighted by Crippen LogP contribution is -2.02. The quantitative estimate of drug-likeness (QED) is 0.686. The molecule has 0 amide bonds. The highest BCUT2D eigenvalue weighted by molar-refractivity contribution is 9.10. The summed E-state index contributed by atoms with van der Waals surface area (Å²) in [6.07, 6.45) is 0.161. The van der Waals surface area contributed by atoms with Gasteiger partial charge in [0, 0.05) is 15.6 Å². The molecule has 0 saturated heterocycles. The topological polar surface area (TPSA) is 20.2 Å². The fourth-order valence-corrected chi connectivity index (χ4v) is 3.91. The Morgan fingerprint density at radius 1 is 1.20 bits per heavy atom. The van der Waals surface area contributed by atoms with Gasteiger partial charge >= 0.3 is 0 Å². The molecule has 0 radical (unpaired) electrons. The van der Waals surface area contributed by atoms with E-state index < -0.39 is 6.10 Å². The normalized spacial score (nSPS) is 12.8. The second kappa shape index (κ2) is 5.68. The molecule has 20 heavy (non-hydrogen) atoms. The number of halogens is 1. The van der Waals surface area contributed by atoms with Crippen molar-refractivity contribution in [2.45, 2.75) is 19.4 Å². The molecular formula is C17H15BrOS. The molecule has 0 aliphatic heterocycles. The highest BCUT2D eigenvalue weighted by Gasteiger charge is 2.14. The average Bonchev–Trinajstić information content (AvgIpc) is 2.85. The summed E-state index contributed by atoms with van der Waals surface area (Å²) in [6, 6.07) is 14.4. The molecule has 0 aliphatic rings. The summed E-state index contributed by atoms with van der Waals surface area (Å²) in [7, 11) is 0. The highest BCUT2D eigenvalue weighted by atomic mass is 79.9. The Hall–Kier alpha value is -1.16. The van der Waals surface area contributed by atoms with Gasteiger partial charge in [-0.3, -0.25) is 0 Å². The molecule has 1 aromatic heterocycles. The van der Waals surface area contributed by atoms with E-state index >= 15 is 0 Å². The van der Waals surface area contributed by atoms with Crippen LogP contribution in [0.5, 0.6) is 0 Å². The minimum atomic E-state index is -0.484. The van der Waals surface area contributed by atoms with Gasteiger partial charge in [0.25, 0.3) is 0 Å². The summed E-state index contributed by atoms with van der Waals surface area (Å²) in [5.74, 6) is 0. The number of fused-ring (bicyclic) bond motifs is 1. The lowest BCUT2D eigenvalue weighted by atomic mass is 10.00. The first-order valence-corrected chi connectivity index (χ1v) is 8.21. The number of aliphatic hydroxyl groups is 1. The van der Waals surface area contributed by atoms with Crippen molar-refractivity contribution in [3.05, 3.63) is 69.0 Å². The van der Waals surface area contributed by atoms with Crippen molar-refractivity contribution in [2.75, 3.05) is 0 Å². The molecule has 3 rings (SSSR count). The number of hydrogen-bond acceptors (Lipinski definition) is 2. The van der Waals surface area contributed by atoms with Gasteiger partial charge in [0.15, 0.2) is 0 Å².